The normalized spacial score (nSPS) is 21.2. The van der Waals surface area contributed by atoms with Crippen molar-refractivity contribution in [1.29, 1.82) is 0 Å². The van der Waals surface area contributed by atoms with Crippen LogP contribution in [0.25, 0.3) is 0 Å². The van der Waals surface area contributed by atoms with E-state index in [9.17, 15) is 14.4 Å². The van der Waals surface area contributed by atoms with Gasteiger partial charge in [-0.05, 0) is 36.4 Å². The molecular formula is C19H16BrN5O4S2. The first kappa shape index (κ1) is 21.7. The van der Waals surface area contributed by atoms with Crippen LogP contribution >= 0.6 is 39.5 Å². The molecule has 0 radical (unpaired) electrons. The minimum atomic E-state index is -0.643. The third kappa shape index (κ3) is 5.57. The highest BCUT2D eigenvalue weighted by Gasteiger charge is 2.40. The standard InChI is InChI=1S/C19H16BrN5O4S2/c20-11-3-5-12(6-4-11)21-15(26)8-14-17(28)25(9-13-2-1-7-29-13)19(31-14)24-23-18-22-16(27)10-30-18/h1-7,14H,8-10H2,(H,21,26)(H,22,23,27). The molecule has 12 heteroatoms. The van der Waals surface area contributed by atoms with Crippen molar-refractivity contribution >= 4 is 73.2 Å². The van der Waals surface area contributed by atoms with Crippen LogP contribution in [0.5, 0.6) is 0 Å². The van der Waals surface area contributed by atoms with Crippen molar-refractivity contribution in [2.24, 2.45) is 10.2 Å². The zero-order valence-electron chi connectivity index (χ0n) is 15.9. The van der Waals surface area contributed by atoms with Crippen molar-refractivity contribution < 1.29 is 18.8 Å². The zero-order valence-corrected chi connectivity index (χ0v) is 19.1. The monoisotopic (exact) mass is 521 g/mol. The van der Waals surface area contributed by atoms with Crippen LogP contribution in [0.3, 0.4) is 0 Å². The van der Waals surface area contributed by atoms with Crippen molar-refractivity contribution in [3.8, 4) is 0 Å². The van der Waals surface area contributed by atoms with Crippen molar-refractivity contribution in [1.82, 2.24) is 10.2 Å². The molecule has 1 unspecified atom stereocenters. The Hall–Kier alpha value is -2.57. The van der Waals surface area contributed by atoms with Crippen LogP contribution in [0.1, 0.15) is 12.2 Å². The average molecular weight is 522 g/mol. The molecule has 31 heavy (non-hydrogen) atoms. The Labute approximate surface area is 194 Å². The lowest BCUT2D eigenvalue weighted by atomic mass is 10.2. The van der Waals surface area contributed by atoms with Gasteiger partial charge >= 0.3 is 0 Å². The Morgan fingerprint density at radius 1 is 1.26 bits per heavy atom. The van der Waals surface area contributed by atoms with Crippen LogP contribution in [0, 0.1) is 0 Å². The maximum absolute atomic E-state index is 13.0. The van der Waals surface area contributed by atoms with Gasteiger partial charge in [0.25, 0.3) is 0 Å². The molecule has 1 aromatic carbocycles. The van der Waals surface area contributed by atoms with Gasteiger partial charge in [0.15, 0.2) is 10.3 Å². The number of nitrogens with zero attached hydrogens (tertiary/aromatic N) is 3. The average Bonchev–Trinajstić information content (AvgIpc) is 3.46. The van der Waals surface area contributed by atoms with E-state index in [2.05, 4.69) is 36.8 Å². The van der Waals surface area contributed by atoms with E-state index in [0.717, 1.165) is 16.2 Å². The molecule has 0 spiro atoms. The van der Waals surface area contributed by atoms with E-state index in [1.54, 1.807) is 24.3 Å². The number of rotatable bonds is 6. The molecule has 0 aliphatic carbocycles. The van der Waals surface area contributed by atoms with E-state index in [1.807, 2.05) is 12.1 Å². The molecule has 4 rings (SSSR count). The summed E-state index contributed by atoms with van der Waals surface area (Å²) in [4.78, 5) is 38.3. The first-order valence-corrected chi connectivity index (χ1v) is 11.8. The fraction of sp³-hybridized carbons (Fsp3) is 0.211. The molecule has 2 aliphatic heterocycles. The molecule has 2 saturated heterocycles. The van der Waals surface area contributed by atoms with Crippen LogP contribution in [-0.2, 0) is 20.9 Å². The fourth-order valence-electron chi connectivity index (χ4n) is 2.80. The summed E-state index contributed by atoms with van der Waals surface area (Å²) in [6, 6.07) is 10.7. The molecule has 9 nitrogen and oxygen atoms in total. The first-order chi connectivity index (χ1) is 15.0. The summed E-state index contributed by atoms with van der Waals surface area (Å²) >= 11 is 5.75. The Kier molecular flexibility index (Phi) is 6.78. The van der Waals surface area contributed by atoms with Crippen molar-refractivity contribution in [3.05, 3.63) is 52.9 Å². The number of nitrogens with one attached hydrogen (secondary N) is 2. The Morgan fingerprint density at radius 3 is 2.74 bits per heavy atom. The van der Waals surface area contributed by atoms with E-state index in [0.29, 0.717) is 21.8 Å². The number of halogens is 1. The Bertz CT molecular complexity index is 1060. The topological polar surface area (TPSA) is 116 Å². The van der Waals surface area contributed by atoms with Crippen molar-refractivity contribution in [2.45, 2.75) is 18.2 Å². The molecule has 2 aliphatic rings. The number of benzene rings is 1. The second-order valence-corrected chi connectivity index (χ2v) is 9.54. The highest BCUT2D eigenvalue weighted by atomic mass is 79.9. The van der Waals surface area contributed by atoms with Crippen molar-refractivity contribution in [3.63, 3.8) is 0 Å². The van der Waals surface area contributed by atoms with Gasteiger partial charge in [0.05, 0.1) is 18.6 Å². The van der Waals surface area contributed by atoms with Gasteiger partial charge in [-0.1, -0.05) is 39.5 Å². The maximum atomic E-state index is 13.0. The third-order valence-corrected chi connectivity index (χ3v) is 6.78. The number of carbonyl (C=O) groups is 3. The molecule has 0 saturated carbocycles. The number of furan rings is 1. The predicted octanol–water partition coefficient (Wildman–Crippen LogP) is 3.00. The van der Waals surface area contributed by atoms with Gasteiger partial charge in [-0.25, -0.2) is 0 Å². The summed E-state index contributed by atoms with van der Waals surface area (Å²) in [7, 11) is 0. The summed E-state index contributed by atoms with van der Waals surface area (Å²) in [5, 5.41) is 13.7. The zero-order chi connectivity index (χ0) is 21.8. The Morgan fingerprint density at radius 2 is 2.06 bits per heavy atom. The summed E-state index contributed by atoms with van der Waals surface area (Å²) in [6.07, 6.45) is 1.50. The quantitative estimate of drug-likeness (QED) is 0.564. The Balaban J connectivity index is 1.48. The summed E-state index contributed by atoms with van der Waals surface area (Å²) in [6.45, 7) is 0.173. The van der Waals surface area contributed by atoms with Gasteiger partial charge in [-0.15, -0.1) is 10.2 Å². The molecule has 3 amide bonds. The van der Waals surface area contributed by atoms with Crippen LogP contribution in [0.15, 0.2) is 61.8 Å². The van der Waals surface area contributed by atoms with E-state index in [-0.39, 0.29) is 36.4 Å². The number of amides is 3. The lowest BCUT2D eigenvalue weighted by Gasteiger charge is -2.14. The lowest BCUT2D eigenvalue weighted by molar-refractivity contribution is -0.128. The minimum absolute atomic E-state index is 0.0186. The molecule has 160 valence electrons. The molecular weight excluding hydrogens is 506 g/mol. The summed E-state index contributed by atoms with van der Waals surface area (Å²) in [5.74, 6) is 0.184. The third-order valence-electron chi connectivity index (χ3n) is 4.23. The second kappa shape index (κ2) is 9.71. The van der Waals surface area contributed by atoms with Gasteiger partial charge in [-0.2, -0.15) is 0 Å². The maximum Gasteiger partial charge on any atom is 0.243 e. The first-order valence-electron chi connectivity index (χ1n) is 9.12. The van der Waals surface area contributed by atoms with Crippen LogP contribution in [0.2, 0.25) is 0 Å². The largest absolute Gasteiger partial charge is 0.467 e. The van der Waals surface area contributed by atoms with Gasteiger partial charge < -0.3 is 15.1 Å². The fourth-order valence-corrected chi connectivity index (χ4v) is 4.78. The highest BCUT2D eigenvalue weighted by molar-refractivity contribution is 9.10. The molecule has 1 atom stereocenters. The van der Waals surface area contributed by atoms with Crippen LogP contribution in [-0.4, -0.2) is 44.0 Å². The van der Waals surface area contributed by atoms with E-state index in [4.69, 9.17) is 4.42 Å². The highest BCUT2D eigenvalue weighted by Crippen LogP contribution is 2.31. The minimum Gasteiger partial charge on any atom is -0.467 e. The summed E-state index contributed by atoms with van der Waals surface area (Å²) in [5.41, 5.74) is 0.644. The molecule has 2 N–H and O–H groups in total. The molecule has 2 fully saturated rings. The predicted molar refractivity (Wildman–Crippen MR) is 123 cm³/mol. The molecule has 1 aromatic heterocycles. The SMILES string of the molecule is O=C1CSC(=NN=C2SC(CC(=O)Nc3ccc(Br)cc3)C(=O)N2Cc2ccco2)N1. The van der Waals surface area contributed by atoms with Gasteiger partial charge in [0, 0.05) is 16.6 Å². The molecule has 0 bridgehead atoms. The van der Waals surface area contributed by atoms with Gasteiger partial charge in [0.2, 0.25) is 17.7 Å². The van der Waals surface area contributed by atoms with Gasteiger partial charge in [-0.3, -0.25) is 19.3 Å². The van der Waals surface area contributed by atoms with E-state index in [1.165, 1.54) is 22.9 Å². The van der Waals surface area contributed by atoms with Gasteiger partial charge in [0.1, 0.15) is 11.0 Å². The van der Waals surface area contributed by atoms with Crippen LogP contribution in [0.4, 0.5) is 5.69 Å². The van der Waals surface area contributed by atoms with Crippen LogP contribution < -0.4 is 10.6 Å². The van der Waals surface area contributed by atoms with E-state index >= 15 is 0 Å². The number of carbonyl (C=O) groups excluding carboxylic acids is 3. The van der Waals surface area contributed by atoms with Crippen molar-refractivity contribution in [2.75, 3.05) is 11.1 Å². The van der Waals surface area contributed by atoms with E-state index < -0.39 is 5.25 Å². The molecule has 3 heterocycles. The number of hydrogen-bond donors (Lipinski definition) is 2. The number of anilines is 1. The number of amidine groups is 2. The smallest absolute Gasteiger partial charge is 0.243 e. The second-order valence-electron chi connectivity index (χ2n) is 6.49. The number of thioether (sulfide) groups is 2. The molecule has 2 aromatic rings. The lowest BCUT2D eigenvalue weighted by Crippen LogP contribution is -2.33. The summed E-state index contributed by atoms with van der Waals surface area (Å²) < 4.78 is 6.25. The number of hydrogen-bond acceptors (Lipinski definition) is 8.